The second-order valence-electron chi connectivity index (χ2n) is 6.15. The average molecular weight is 298 g/mol. The van der Waals surface area contributed by atoms with E-state index in [1.54, 1.807) is 6.20 Å². The zero-order valence-electron chi connectivity index (χ0n) is 13.3. The maximum absolute atomic E-state index is 11.9. The standard InChI is InChI=1S/C17H22N4O/c1-17(2,3)21-16(22)14-11-20-15(12-19-14)18-10-9-13-7-5-4-6-8-13/h4-8,11-12H,9-10H2,1-3H3,(H,18,20)(H,21,22). The Hall–Kier alpha value is -2.43. The molecule has 1 amide bonds. The molecule has 0 fully saturated rings. The van der Waals surface area contributed by atoms with Gasteiger partial charge in [0.15, 0.2) is 0 Å². The molecule has 1 aromatic heterocycles. The summed E-state index contributed by atoms with van der Waals surface area (Å²) in [6.07, 6.45) is 3.99. The van der Waals surface area contributed by atoms with Crippen molar-refractivity contribution < 1.29 is 4.79 Å². The van der Waals surface area contributed by atoms with Crippen LogP contribution in [0.3, 0.4) is 0 Å². The zero-order valence-corrected chi connectivity index (χ0v) is 13.3. The van der Waals surface area contributed by atoms with Gasteiger partial charge in [-0.25, -0.2) is 9.97 Å². The number of aromatic nitrogens is 2. The number of benzene rings is 1. The van der Waals surface area contributed by atoms with Crippen LogP contribution in [0.5, 0.6) is 0 Å². The van der Waals surface area contributed by atoms with Gasteiger partial charge in [-0.05, 0) is 32.8 Å². The molecule has 5 nitrogen and oxygen atoms in total. The van der Waals surface area contributed by atoms with Gasteiger partial charge in [0.05, 0.1) is 12.4 Å². The van der Waals surface area contributed by atoms with Crippen LogP contribution in [0.2, 0.25) is 0 Å². The summed E-state index contributed by atoms with van der Waals surface area (Å²) < 4.78 is 0. The monoisotopic (exact) mass is 298 g/mol. The van der Waals surface area contributed by atoms with Crippen LogP contribution in [0, 0.1) is 0 Å². The molecule has 0 saturated heterocycles. The minimum atomic E-state index is -0.286. The minimum Gasteiger partial charge on any atom is -0.368 e. The van der Waals surface area contributed by atoms with E-state index < -0.39 is 0 Å². The molecule has 0 aliphatic heterocycles. The number of nitrogens with zero attached hydrogens (tertiary/aromatic N) is 2. The fraction of sp³-hybridized carbons (Fsp3) is 0.353. The molecule has 1 heterocycles. The highest BCUT2D eigenvalue weighted by molar-refractivity contribution is 5.92. The molecule has 0 atom stereocenters. The number of rotatable bonds is 5. The molecular formula is C17H22N4O. The number of hydrogen-bond acceptors (Lipinski definition) is 4. The fourth-order valence-electron chi connectivity index (χ4n) is 1.92. The molecule has 5 heteroatoms. The molecule has 2 rings (SSSR count). The van der Waals surface area contributed by atoms with Crippen molar-refractivity contribution in [3.05, 3.63) is 54.0 Å². The first-order valence-electron chi connectivity index (χ1n) is 7.36. The number of hydrogen-bond donors (Lipinski definition) is 2. The lowest BCUT2D eigenvalue weighted by molar-refractivity contribution is 0.0914. The highest BCUT2D eigenvalue weighted by atomic mass is 16.2. The van der Waals surface area contributed by atoms with Gasteiger partial charge in [0.2, 0.25) is 0 Å². The summed E-state index contributed by atoms with van der Waals surface area (Å²) in [5, 5.41) is 6.06. The molecule has 1 aromatic carbocycles. The summed E-state index contributed by atoms with van der Waals surface area (Å²) in [5.74, 6) is 0.457. The van der Waals surface area contributed by atoms with Crippen molar-refractivity contribution in [1.29, 1.82) is 0 Å². The van der Waals surface area contributed by atoms with E-state index in [2.05, 4.69) is 32.7 Å². The van der Waals surface area contributed by atoms with E-state index >= 15 is 0 Å². The summed E-state index contributed by atoms with van der Waals surface area (Å²) in [4.78, 5) is 20.3. The third-order valence-corrected chi connectivity index (χ3v) is 2.94. The van der Waals surface area contributed by atoms with Gasteiger partial charge in [0, 0.05) is 12.1 Å². The van der Waals surface area contributed by atoms with Crippen LogP contribution < -0.4 is 10.6 Å². The molecule has 2 aromatic rings. The Morgan fingerprint density at radius 2 is 1.82 bits per heavy atom. The lowest BCUT2D eigenvalue weighted by atomic mass is 10.1. The molecule has 0 saturated carbocycles. The molecule has 22 heavy (non-hydrogen) atoms. The molecular weight excluding hydrogens is 276 g/mol. The molecule has 0 aliphatic rings. The molecule has 0 unspecified atom stereocenters. The minimum absolute atomic E-state index is 0.212. The first kappa shape index (κ1) is 15.9. The first-order chi connectivity index (χ1) is 10.4. The summed E-state index contributed by atoms with van der Waals surface area (Å²) in [6, 6.07) is 10.2. The predicted molar refractivity (Wildman–Crippen MR) is 87.9 cm³/mol. The van der Waals surface area contributed by atoms with E-state index in [0.29, 0.717) is 11.5 Å². The van der Waals surface area contributed by atoms with Gasteiger partial charge < -0.3 is 10.6 Å². The smallest absolute Gasteiger partial charge is 0.271 e. The van der Waals surface area contributed by atoms with Crippen LogP contribution in [-0.2, 0) is 6.42 Å². The largest absolute Gasteiger partial charge is 0.368 e. The number of anilines is 1. The Bertz CT molecular complexity index is 603. The van der Waals surface area contributed by atoms with Crippen LogP contribution in [0.15, 0.2) is 42.7 Å². The maximum atomic E-state index is 11.9. The Morgan fingerprint density at radius 3 is 2.41 bits per heavy atom. The van der Waals surface area contributed by atoms with Crippen LogP contribution in [0.4, 0.5) is 5.82 Å². The van der Waals surface area contributed by atoms with E-state index in [0.717, 1.165) is 13.0 Å². The van der Waals surface area contributed by atoms with E-state index in [1.165, 1.54) is 11.8 Å². The van der Waals surface area contributed by atoms with E-state index in [4.69, 9.17) is 0 Å². The molecule has 0 radical (unpaired) electrons. The molecule has 0 aliphatic carbocycles. The van der Waals surface area contributed by atoms with Gasteiger partial charge in [-0.15, -0.1) is 0 Å². The lowest BCUT2D eigenvalue weighted by Crippen LogP contribution is -2.41. The van der Waals surface area contributed by atoms with Crippen molar-refractivity contribution in [1.82, 2.24) is 15.3 Å². The van der Waals surface area contributed by atoms with Gasteiger partial charge >= 0.3 is 0 Å². The first-order valence-corrected chi connectivity index (χ1v) is 7.36. The third kappa shape index (κ3) is 5.16. The SMILES string of the molecule is CC(C)(C)NC(=O)c1cnc(NCCc2ccccc2)cn1. The van der Waals surface area contributed by atoms with Crippen molar-refractivity contribution in [2.45, 2.75) is 32.7 Å². The number of carbonyl (C=O) groups excluding carboxylic acids is 1. The third-order valence-electron chi connectivity index (χ3n) is 2.94. The van der Waals surface area contributed by atoms with Gasteiger partial charge in [-0.2, -0.15) is 0 Å². The van der Waals surface area contributed by atoms with E-state index in [9.17, 15) is 4.79 Å². The number of carbonyl (C=O) groups is 1. The van der Waals surface area contributed by atoms with Gasteiger partial charge in [-0.1, -0.05) is 30.3 Å². The summed E-state index contributed by atoms with van der Waals surface area (Å²) in [6.45, 7) is 6.56. The maximum Gasteiger partial charge on any atom is 0.271 e. The molecule has 116 valence electrons. The predicted octanol–water partition coefficient (Wildman–Crippen LogP) is 2.66. The lowest BCUT2D eigenvalue weighted by Gasteiger charge is -2.19. The van der Waals surface area contributed by atoms with Crippen LogP contribution in [0.25, 0.3) is 0 Å². The Kier molecular flexibility index (Phi) is 5.09. The number of nitrogens with one attached hydrogen (secondary N) is 2. The molecule has 0 spiro atoms. The van der Waals surface area contributed by atoms with Crippen molar-refractivity contribution in [3.8, 4) is 0 Å². The van der Waals surface area contributed by atoms with Gasteiger partial charge in [-0.3, -0.25) is 4.79 Å². The topological polar surface area (TPSA) is 66.9 Å². The second-order valence-corrected chi connectivity index (χ2v) is 6.15. The van der Waals surface area contributed by atoms with E-state index in [-0.39, 0.29) is 11.4 Å². The summed E-state index contributed by atoms with van der Waals surface area (Å²) >= 11 is 0. The van der Waals surface area contributed by atoms with Crippen LogP contribution in [0.1, 0.15) is 36.8 Å². The zero-order chi connectivity index (χ0) is 16.0. The summed E-state index contributed by atoms with van der Waals surface area (Å²) in [7, 11) is 0. The second kappa shape index (κ2) is 7.02. The fourth-order valence-corrected chi connectivity index (χ4v) is 1.92. The van der Waals surface area contributed by atoms with E-state index in [1.807, 2.05) is 39.0 Å². The summed E-state index contributed by atoms with van der Waals surface area (Å²) in [5.41, 5.74) is 1.30. The number of amides is 1. The highest BCUT2D eigenvalue weighted by Gasteiger charge is 2.16. The normalized spacial score (nSPS) is 11.0. The van der Waals surface area contributed by atoms with Gasteiger partial charge in [0.25, 0.3) is 5.91 Å². The quantitative estimate of drug-likeness (QED) is 0.890. The highest BCUT2D eigenvalue weighted by Crippen LogP contribution is 2.05. The average Bonchev–Trinajstić information content (AvgIpc) is 2.47. The Labute approximate surface area is 131 Å². The van der Waals surface area contributed by atoms with Crippen LogP contribution >= 0.6 is 0 Å². The van der Waals surface area contributed by atoms with Crippen molar-refractivity contribution in [3.63, 3.8) is 0 Å². The molecule has 2 N–H and O–H groups in total. The molecule has 0 bridgehead atoms. The van der Waals surface area contributed by atoms with Crippen molar-refractivity contribution >= 4 is 11.7 Å². The van der Waals surface area contributed by atoms with Gasteiger partial charge in [0.1, 0.15) is 11.5 Å². The Balaban J connectivity index is 1.85. The van der Waals surface area contributed by atoms with Crippen molar-refractivity contribution in [2.75, 3.05) is 11.9 Å². The van der Waals surface area contributed by atoms with Crippen LogP contribution in [-0.4, -0.2) is 28.0 Å². The Morgan fingerprint density at radius 1 is 1.09 bits per heavy atom. The van der Waals surface area contributed by atoms with Crippen molar-refractivity contribution in [2.24, 2.45) is 0 Å².